The minimum absolute atomic E-state index is 0.355. The van der Waals surface area contributed by atoms with Gasteiger partial charge in [0.25, 0.3) is 0 Å². The van der Waals surface area contributed by atoms with E-state index in [-0.39, 0.29) is 0 Å². The molecule has 0 saturated heterocycles. The van der Waals surface area contributed by atoms with Gasteiger partial charge in [-0.05, 0) is 12.3 Å². The van der Waals surface area contributed by atoms with Gasteiger partial charge < -0.3 is 15.4 Å². The molecule has 0 aliphatic rings. The van der Waals surface area contributed by atoms with Gasteiger partial charge in [0, 0.05) is 25.5 Å². The smallest absolute Gasteiger partial charge is 0.340 e. The van der Waals surface area contributed by atoms with Crippen LogP contribution in [0.1, 0.15) is 10.4 Å². The SMILES string of the molecule is COC(=O)c1ccnc(N(C)CCSC)c1N. The molecular weight excluding hydrogens is 238 g/mol. The number of ether oxygens (including phenoxy) is 1. The van der Waals surface area contributed by atoms with Crippen molar-refractivity contribution in [2.24, 2.45) is 0 Å². The Balaban J connectivity index is 2.97. The first-order chi connectivity index (χ1) is 8.11. The summed E-state index contributed by atoms with van der Waals surface area (Å²) in [7, 11) is 3.23. The van der Waals surface area contributed by atoms with Crippen LogP contribution in [0.25, 0.3) is 0 Å². The average molecular weight is 255 g/mol. The topological polar surface area (TPSA) is 68.5 Å². The molecule has 6 heteroatoms. The van der Waals surface area contributed by atoms with Crippen LogP contribution < -0.4 is 10.6 Å². The number of nitrogen functional groups attached to an aromatic ring is 1. The Morgan fingerprint density at radius 1 is 1.65 bits per heavy atom. The van der Waals surface area contributed by atoms with Crippen LogP contribution in [-0.2, 0) is 4.74 Å². The molecular formula is C11H17N3O2S. The van der Waals surface area contributed by atoms with E-state index in [1.807, 2.05) is 18.2 Å². The highest BCUT2D eigenvalue weighted by molar-refractivity contribution is 7.98. The van der Waals surface area contributed by atoms with Crippen LogP contribution in [0.2, 0.25) is 0 Å². The summed E-state index contributed by atoms with van der Waals surface area (Å²) in [5.74, 6) is 1.14. The highest BCUT2D eigenvalue weighted by Gasteiger charge is 2.15. The van der Waals surface area contributed by atoms with Crippen LogP contribution in [0, 0.1) is 0 Å². The first-order valence-electron chi connectivity index (χ1n) is 5.14. The number of hydrogen-bond acceptors (Lipinski definition) is 6. The van der Waals surface area contributed by atoms with E-state index in [1.54, 1.807) is 24.0 Å². The van der Waals surface area contributed by atoms with Gasteiger partial charge in [0.2, 0.25) is 0 Å². The van der Waals surface area contributed by atoms with Crippen LogP contribution in [0.5, 0.6) is 0 Å². The monoisotopic (exact) mass is 255 g/mol. The Morgan fingerprint density at radius 3 is 2.94 bits per heavy atom. The number of thioether (sulfide) groups is 1. The minimum atomic E-state index is -0.440. The highest BCUT2D eigenvalue weighted by Crippen LogP contribution is 2.23. The Bertz CT molecular complexity index is 398. The zero-order valence-corrected chi connectivity index (χ0v) is 11.1. The molecule has 17 heavy (non-hydrogen) atoms. The summed E-state index contributed by atoms with van der Waals surface area (Å²) in [5.41, 5.74) is 6.64. The lowest BCUT2D eigenvalue weighted by atomic mass is 10.2. The molecule has 0 amide bonds. The van der Waals surface area contributed by atoms with Gasteiger partial charge in [-0.25, -0.2) is 9.78 Å². The number of anilines is 2. The van der Waals surface area contributed by atoms with Crippen molar-refractivity contribution in [1.29, 1.82) is 0 Å². The van der Waals surface area contributed by atoms with Crippen molar-refractivity contribution < 1.29 is 9.53 Å². The summed E-state index contributed by atoms with van der Waals surface area (Å²) in [6.45, 7) is 0.822. The summed E-state index contributed by atoms with van der Waals surface area (Å²) < 4.78 is 4.66. The second-order valence-electron chi connectivity index (χ2n) is 3.50. The molecule has 5 nitrogen and oxygen atoms in total. The molecule has 0 aromatic carbocycles. The molecule has 1 aromatic rings. The molecule has 94 valence electrons. The number of nitrogens with two attached hydrogens (primary N) is 1. The van der Waals surface area contributed by atoms with Crippen molar-refractivity contribution in [3.8, 4) is 0 Å². The van der Waals surface area contributed by atoms with Gasteiger partial charge in [-0.1, -0.05) is 0 Å². The molecule has 0 radical (unpaired) electrons. The Kier molecular flexibility index (Phi) is 5.09. The standard InChI is InChI=1S/C11H17N3O2S/c1-14(6-7-17-3)10-9(12)8(4-5-13-10)11(15)16-2/h4-5H,6-7,12H2,1-3H3. The van der Waals surface area contributed by atoms with Crippen molar-refractivity contribution in [1.82, 2.24) is 4.98 Å². The fraction of sp³-hybridized carbons (Fsp3) is 0.455. The molecule has 0 bridgehead atoms. The predicted octanol–water partition coefficient (Wildman–Crippen LogP) is 1.25. The van der Waals surface area contributed by atoms with Crippen LogP contribution in [0.4, 0.5) is 11.5 Å². The van der Waals surface area contributed by atoms with Gasteiger partial charge >= 0.3 is 5.97 Å². The van der Waals surface area contributed by atoms with Crippen LogP contribution in [0.15, 0.2) is 12.3 Å². The number of esters is 1. The van der Waals surface area contributed by atoms with Crippen molar-refractivity contribution in [3.05, 3.63) is 17.8 Å². The largest absolute Gasteiger partial charge is 0.465 e. The van der Waals surface area contributed by atoms with Crippen LogP contribution in [-0.4, -0.2) is 43.7 Å². The van der Waals surface area contributed by atoms with Gasteiger partial charge in [0.05, 0.1) is 18.4 Å². The number of nitrogens with zero attached hydrogens (tertiary/aromatic N) is 2. The lowest BCUT2D eigenvalue weighted by molar-refractivity contribution is 0.0602. The first-order valence-corrected chi connectivity index (χ1v) is 6.54. The third kappa shape index (κ3) is 3.26. The van der Waals surface area contributed by atoms with Crippen LogP contribution >= 0.6 is 11.8 Å². The third-order valence-corrected chi connectivity index (χ3v) is 2.96. The predicted molar refractivity (Wildman–Crippen MR) is 71.6 cm³/mol. The first kappa shape index (κ1) is 13.6. The summed E-state index contributed by atoms with van der Waals surface area (Å²) in [5, 5.41) is 0. The summed E-state index contributed by atoms with van der Waals surface area (Å²) in [6.07, 6.45) is 3.60. The zero-order valence-electron chi connectivity index (χ0n) is 10.3. The van der Waals surface area contributed by atoms with E-state index < -0.39 is 5.97 Å². The molecule has 0 aliphatic heterocycles. The maximum Gasteiger partial charge on any atom is 0.340 e. The molecule has 0 saturated carbocycles. The van der Waals surface area contributed by atoms with E-state index in [9.17, 15) is 4.79 Å². The Labute approximate surface area is 105 Å². The summed E-state index contributed by atoms with van der Waals surface area (Å²) in [6, 6.07) is 1.56. The maximum absolute atomic E-state index is 11.5. The molecule has 1 aromatic heterocycles. The van der Waals surface area contributed by atoms with Crippen molar-refractivity contribution in [2.75, 3.05) is 43.3 Å². The average Bonchev–Trinajstić information content (AvgIpc) is 2.35. The molecule has 0 fully saturated rings. The molecule has 2 N–H and O–H groups in total. The normalized spacial score (nSPS) is 10.1. The molecule has 1 rings (SSSR count). The number of carbonyl (C=O) groups excluding carboxylic acids is 1. The molecule has 1 heterocycles. The Hall–Kier alpha value is -1.43. The van der Waals surface area contributed by atoms with Crippen LogP contribution in [0.3, 0.4) is 0 Å². The van der Waals surface area contributed by atoms with E-state index in [2.05, 4.69) is 9.72 Å². The zero-order chi connectivity index (χ0) is 12.8. The summed E-state index contributed by atoms with van der Waals surface area (Å²) >= 11 is 1.74. The molecule has 0 unspecified atom stereocenters. The molecule has 0 atom stereocenters. The lowest BCUT2D eigenvalue weighted by Gasteiger charge is -2.20. The van der Waals surface area contributed by atoms with Gasteiger partial charge in [0.15, 0.2) is 5.82 Å². The fourth-order valence-corrected chi connectivity index (χ4v) is 1.84. The number of carbonyl (C=O) groups is 1. The van der Waals surface area contributed by atoms with E-state index in [0.29, 0.717) is 17.1 Å². The van der Waals surface area contributed by atoms with Crippen molar-refractivity contribution in [2.45, 2.75) is 0 Å². The fourth-order valence-electron chi connectivity index (χ4n) is 1.39. The van der Waals surface area contributed by atoms with Crippen molar-refractivity contribution >= 4 is 29.2 Å². The third-order valence-electron chi connectivity index (χ3n) is 2.37. The van der Waals surface area contributed by atoms with E-state index in [1.165, 1.54) is 7.11 Å². The van der Waals surface area contributed by atoms with E-state index in [0.717, 1.165) is 12.3 Å². The van der Waals surface area contributed by atoms with E-state index >= 15 is 0 Å². The van der Waals surface area contributed by atoms with Gasteiger partial charge in [-0.15, -0.1) is 0 Å². The summed E-state index contributed by atoms with van der Waals surface area (Å²) in [4.78, 5) is 17.6. The van der Waals surface area contributed by atoms with E-state index in [4.69, 9.17) is 5.73 Å². The number of pyridine rings is 1. The number of aromatic nitrogens is 1. The second-order valence-corrected chi connectivity index (χ2v) is 4.49. The van der Waals surface area contributed by atoms with Crippen molar-refractivity contribution in [3.63, 3.8) is 0 Å². The van der Waals surface area contributed by atoms with Gasteiger partial charge in [-0.2, -0.15) is 11.8 Å². The lowest BCUT2D eigenvalue weighted by Crippen LogP contribution is -2.23. The molecule has 0 aliphatic carbocycles. The van der Waals surface area contributed by atoms with Gasteiger partial charge in [-0.3, -0.25) is 0 Å². The number of methoxy groups -OCH3 is 1. The highest BCUT2D eigenvalue weighted by atomic mass is 32.2. The molecule has 0 spiro atoms. The second kappa shape index (κ2) is 6.34. The number of rotatable bonds is 5. The maximum atomic E-state index is 11.5. The Morgan fingerprint density at radius 2 is 2.35 bits per heavy atom. The number of hydrogen-bond donors (Lipinski definition) is 1. The quantitative estimate of drug-likeness (QED) is 0.799. The minimum Gasteiger partial charge on any atom is -0.465 e. The van der Waals surface area contributed by atoms with Gasteiger partial charge in [0.1, 0.15) is 0 Å².